The number of aromatic nitrogens is 1. The molecule has 5 rings (SSSR count). The van der Waals surface area contributed by atoms with Crippen LogP contribution in [0.5, 0.6) is 0 Å². The van der Waals surface area contributed by atoms with Crippen molar-refractivity contribution in [2.24, 2.45) is 5.92 Å². The van der Waals surface area contributed by atoms with Gasteiger partial charge in [0.1, 0.15) is 23.4 Å². The summed E-state index contributed by atoms with van der Waals surface area (Å²) >= 11 is 3.24. The minimum Gasteiger partial charge on any atom is -0.434 e. The van der Waals surface area contributed by atoms with E-state index in [-0.39, 0.29) is 38.3 Å². The first-order chi connectivity index (χ1) is 23.3. The predicted molar refractivity (Wildman–Crippen MR) is 185 cm³/mol. The fraction of sp³-hybridized carbons (Fsp3) is 0.529. The summed E-state index contributed by atoms with van der Waals surface area (Å²) in [6, 6.07) is 6.78. The molecule has 2 amide bonds. The summed E-state index contributed by atoms with van der Waals surface area (Å²) in [5, 5.41) is 6.08. The van der Waals surface area contributed by atoms with Crippen LogP contribution in [0.3, 0.4) is 0 Å². The van der Waals surface area contributed by atoms with Gasteiger partial charge in [-0.15, -0.1) is 0 Å². The van der Waals surface area contributed by atoms with Gasteiger partial charge in [0.25, 0.3) is 5.89 Å². The van der Waals surface area contributed by atoms with Crippen molar-refractivity contribution in [3.05, 3.63) is 63.7 Å². The molecule has 1 aromatic heterocycles. The van der Waals surface area contributed by atoms with E-state index in [2.05, 4.69) is 36.3 Å². The van der Waals surface area contributed by atoms with Crippen LogP contribution < -0.4 is 15.4 Å². The lowest BCUT2D eigenvalue weighted by Gasteiger charge is -2.30. The monoisotopic (exact) mass is 763 g/mol. The molecule has 4 atom stereocenters. The van der Waals surface area contributed by atoms with E-state index in [1.807, 2.05) is 13.0 Å². The van der Waals surface area contributed by atoms with E-state index in [0.29, 0.717) is 33.5 Å². The summed E-state index contributed by atoms with van der Waals surface area (Å²) in [5.41, 5.74) is 2.21. The summed E-state index contributed by atoms with van der Waals surface area (Å²) in [6.45, 7) is 5.21. The van der Waals surface area contributed by atoms with Crippen LogP contribution in [0.25, 0.3) is 11.1 Å². The highest BCUT2D eigenvalue weighted by atomic mass is 79.9. The number of Topliss-reactive ketones (excluding diaryl/α,β-unsaturated/α-hetero) is 1. The molecule has 2 aromatic carbocycles. The summed E-state index contributed by atoms with van der Waals surface area (Å²) < 4.78 is 54.2. The normalized spacial score (nSPS) is 20.0. The van der Waals surface area contributed by atoms with Gasteiger partial charge in [0, 0.05) is 23.0 Å². The number of sulfonamides is 1. The Morgan fingerprint density at radius 2 is 1.92 bits per heavy atom. The van der Waals surface area contributed by atoms with Gasteiger partial charge < -0.3 is 24.7 Å². The molecule has 0 bridgehead atoms. The highest BCUT2D eigenvalue weighted by Crippen LogP contribution is 2.27. The fourth-order valence-corrected chi connectivity index (χ4v) is 7.50. The molecule has 49 heavy (non-hydrogen) atoms. The maximum atomic E-state index is 14.6. The highest BCUT2D eigenvalue weighted by molar-refractivity contribution is 9.10. The number of nitrogens with one attached hydrogen (secondary N) is 3. The Kier molecular flexibility index (Phi) is 12.2. The average Bonchev–Trinajstić information content (AvgIpc) is 3.69. The van der Waals surface area contributed by atoms with Crippen molar-refractivity contribution in [2.75, 3.05) is 25.9 Å². The number of hydrogen-bond acceptors (Lipinski definition) is 9. The minimum atomic E-state index is -3.78. The van der Waals surface area contributed by atoms with Gasteiger partial charge in [-0.2, -0.15) is 0 Å². The molecule has 266 valence electrons. The molecular formula is C34H43BrFN5O7S. The van der Waals surface area contributed by atoms with E-state index in [1.54, 1.807) is 31.2 Å². The SMILES string of the molecule is CC[C@H](NC(=O)[C@@H]1C[C@@H](OCc2ccc(Br)cc2F)CN1C(=O)[C@@H](CCC1CCNCC1)NS(C)(=O)=O)C(=O)c1nc2ccc(C)cc2o1. The number of carbonyl (C=O) groups excluding carboxylic acids is 3. The number of benzene rings is 2. The molecule has 3 heterocycles. The molecule has 2 aliphatic rings. The predicted octanol–water partition coefficient (Wildman–Crippen LogP) is 4.00. The van der Waals surface area contributed by atoms with E-state index < -0.39 is 57.7 Å². The number of rotatable bonds is 14. The summed E-state index contributed by atoms with van der Waals surface area (Å²) in [6.07, 6.45) is 3.33. The van der Waals surface area contributed by atoms with Crippen LogP contribution in [0.4, 0.5) is 4.39 Å². The van der Waals surface area contributed by atoms with Crippen molar-refractivity contribution in [3.8, 4) is 0 Å². The lowest BCUT2D eigenvalue weighted by atomic mass is 9.91. The van der Waals surface area contributed by atoms with Crippen LogP contribution in [0, 0.1) is 18.7 Å². The third-order valence-corrected chi connectivity index (χ3v) is 10.3. The van der Waals surface area contributed by atoms with Gasteiger partial charge in [-0.05, 0) is 87.9 Å². The number of ketones is 1. The number of nitrogens with zero attached hydrogens (tertiary/aromatic N) is 2. The van der Waals surface area contributed by atoms with Gasteiger partial charge in [0.2, 0.25) is 27.6 Å². The van der Waals surface area contributed by atoms with Gasteiger partial charge in [-0.1, -0.05) is 35.0 Å². The van der Waals surface area contributed by atoms with Crippen molar-refractivity contribution in [1.29, 1.82) is 0 Å². The average molecular weight is 765 g/mol. The molecule has 0 radical (unpaired) electrons. The van der Waals surface area contributed by atoms with E-state index in [1.165, 1.54) is 11.0 Å². The molecule has 0 unspecified atom stereocenters. The van der Waals surface area contributed by atoms with E-state index in [0.717, 1.165) is 37.8 Å². The Bertz CT molecular complexity index is 1780. The number of piperidine rings is 1. The van der Waals surface area contributed by atoms with Crippen molar-refractivity contribution in [1.82, 2.24) is 25.2 Å². The van der Waals surface area contributed by atoms with Crippen LogP contribution >= 0.6 is 15.9 Å². The summed E-state index contributed by atoms with van der Waals surface area (Å²) in [5.74, 6) is -1.95. The van der Waals surface area contributed by atoms with Gasteiger partial charge in [0.05, 0.1) is 25.0 Å². The fourth-order valence-electron chi connectivity index (χ4n) is 6.43. The number of carbonyl (C=O) groups is 3. The zero-order chi connectivity index (χ0) is 35.3. The quantitative estimate of drug-likeness (QED) is 0.206. The third kappa shape index (κ3) is 9.72. The first-order valence-corrected chi connectivity index (χ1v) is 19.3. The number of fused-ring (bicyclic) bond motifs is 1. The molecule has 0 aliphatic carbocycles. The van der Waals surface area contributed by atoms with Gasteiger partial charge in [0.15, 0.2) is 5.58 Å². The third-order valence-electron chi connectivity index (χ3n) is 9.11. The van der Waals surface area contributed by atoms with Crippen LogP contribution in [0.1, 0.15) is 67.3 Å². The summed E-state index contributed by atoms with van der Waals surface area (Å²) in [4.78, 5) is 47.2. The molecule has 12 nitrogen and oxygen atoms in total. The second kappa shape index (κ2) is 16.2. The number of likely N-dealkylation sites (tertiary alicyclic amines) is 1. The van der Waals surface area contributed by atoms with Crippen molar-refractivity contribution >= 4 is 54.7 Å². The molecule has 2 fully saturated rings. The highest BCUT2D eigenvalue weighted by Gasteiger charge is 2.44. The molecule has 2 saturated heterocycles. The standard InChI is InChI=1S/C34H43BrFN5O7S/c1-4-26(31(42)33-39-27-9-5-20(2)15-30(27)48-33)38-32(43)29-17-24(47-19-22-7-8-23(35)16-25(22)36)18-41(29)34(44)28(40-49(3,45)46)10-6-21-11-13-37-14-12-21/h5,7-9,15-16,21,24,26,28-29,37,40H,4,6,10-14,17-19H2,1-3H3,(H,38,43)/t24-,26+,28-,29+/m1/s1. The van der Waals surface area contributed by atoms with Crippen LogP contribution in [-0.4, -0.2) is 86.0 Å². The number of aryl methyl sites for hydroxylation is 1. The smallest absolute Gasteiger partial charge is 0.266 e. The Hall–Kier alpha value is -3.24. The van der Waals surface area contributed by atoms with E-state index in [4.69, 9.17) is 9.15 Å². The number of ether oxygens (including phenoxy) is 1. The number of amides is 2. The molecule has 15 heteroatoms. The van der Waals surface area contributed by atoms with Crippen LogP contribution in [0.2, 0.25) is 0 Å². The number of oxazole rings is 1. The Labute approximate surface area is 294 Å². The lowest BCUT2D eigenvalue weighted by Crippen LogP contribution is -2.55. The first-order valence-electron chi connectivity index (χ1n) is 16.6. The van der Waals surface area contributed by atoms with Gasteiger partial charge in [-0.25, -0.2) is 22.5 Å². The Balaban J connectivity index is 1.36. The number of hydrogen-bond donors (Lipinski definition) is 3. The molecule has 2 aliphatic heterocycles. The van der Waals surface area contributed by atoms with Gasteiger partial charge in [-0.3, -0.25) is 14.4 Å². The summed E-state index contributed by atoms with van der Waals surface area (Å²) in [7, 11) is -3.78. The van der Waals surface area contributed by atoms with Crippen molar-refractivity contribution in [2.45, 2.75) is 83.2 Å². The van der Waals surface area contributed by atoms with Crippen LogP contribution in [-0.2, 0) is 31.0 Å². The van der Waals surface area contributed by atoms with E-state index >= 15 is 0 Å². The second-order valence-electron chi connectivity index (χ2n) is 12.9. The molecule has 3 aromatic rings. The molecule has 0 spiro atoms. The van der Waals surface area contributed by atoms with Gasteiger partial charge >= 0.3 is 0 Å². The Morgan fingerprint density at radius 3 is 2.61 bits per heavy atom. The Morgan fingerprint density at radius 1 is 1.16 bits per heavy atom. The topological polar surface area (TPSA) is 160 Å². The van der Waals surface area contributed by atoms with Crippen molar-refractivity contribution in [3.63, 3.8) is 0 Å². The lowest BCUT2D eigenvalue weighted by molar-refractivity contribution is -0.140. The maximum Gasteiger partial charge on any atom is 0.266 e. The zero-order valence-corrected chi connectivity index (χ0v) is 30.2. The molecule has 0 saturated carbocycles. The first kappa shape index (κ1) is 37.0. The molecular weight excluding hydrogens is 721 g/mol. The minimum absolute atomic E-state index is 0.0282. The zero-order valence-electron chi connectivity index (χ0n) is 27.8. The van der Waals surface area contributed by atoms with Crippen molar-refractivity contribution < 1.29 is 36.3 Å². The second-order valence-corrected chi connectivity index (χ2v) is 15.6. The maximum absolute atomic E-state index is 14.6. The molecule has 3 N–H and O–H groups in total. The largest absolute Gasteiger partial charge is 0.434 e. The number of halogens is 2. The van der Waals surface area contributed by atoms with Crippen LogP contribution in [0.15, 0.2) is 45.3 Å². The van der Waals surface area contributed by atoms with E-state index in [9.17, 15) is 27.2 Å².